The summed E-state index contributed by atoms with van der Waals surface area (Å²) in [6.45, 7) is 1.17. The van der Waals surface area contributed by atoms with Gasteiger partial charge in [0.25, 0.3) is 0 Å². The minimum absolute atomic E-state index is 0.855. The maximum atomic E-state index is 5.09. The molecule has 0 bridgehead atoms. The molecule has 1 N–H and O–H groups in total. The van der Waals surface area contributed by atoms with Crippen molar-refractivity contribution in [3.63, 3.8) is 0 Å². The van der Waals surface area contributed by atoms with Crippen LogP contribution in [0.5, 0.6) is 0 Å². The smallest absolute Gasteiger partial charge is 0.177 e. The molecule has 0 amide bonds. The van der Waals surface area contributed by atoms with Gasteiger partial charge in [0.05, 0.1) is 0 Å². The Morgan fingerprint density at radius 3 is 3.40 bits per heavy atom. The second kappa shape index (κ2) is 1.37. The highest BCUT2D eigenvalue weighted by atomic mass is 32.1. The first-order chi connectivity index (χ1) is 4.86. The van der Waals surface area contributed by atoms with Gasteiger partial charge in [-0.1, -0.05) is 0 Å². The van der Waals surface area contributed by atoms with Gasteiger partial charge in [-0.05, 0) is 24.6 Å². The second-order valence-electron chi connectivity index (χ2n) is 3.23. The molecule has 3 rings (SSSR count). The Morgan fingerprint density at radius 1 is 1.70 bits per heavy atom. The molecule has 0 aromatic carbocycles. The Bertz CT molecular complexity index is 336. The van der Waals surface area contributed by atoms with Gasteiger partial charge in [0, 0.05) is 24.4 Å². The molecule has 1 aromatic rings. The average Bonchev–Trinajstić information content (AvgIpc) is 2.46. The van der Waals surface area contributed by atoms with Crippen LogP contribution in [0, 0.1) is 10.7 Å². The normalized spacial score (nSPS) is 33.6. The van der Waals surface area contributed by atoms with Gasteiger partial charge >= 0.3 is 0 Å². The number of fused-ring (bicyclic) bond motifs is 3. The van der Waals surface area contributed by atoms with Crippen LogP contribution in [-0.2, 0) is 6.54 Å². The van der Waals surface area contributed by atoms with Crippen LogP contribution in [0.2, 0.25) is 0 Å². The lowest BCUT2D eigenvalue weighted by atomic mass is 10.3. The molecule has 0 spiro atoms. The van der Waals surface area contributed by atoms with Crippen molar-refractivity contribution in [3.8, 4) is 0 Å². The molecule has 2 heterocycles. The topological polar surface area (TPSA) is 20.7 Å². The first-order valence-corrected chi connectivity index (χ1v) is 4.05. The number of hydrogen-bond donors (Lipinski definition) is 1. The summed E-state index contributed by atoms with van der Waals surface area (Å²) in [5.41, 5.74) is 1.44. The molecule has 10 heavy (non-hydrogen) atoms. The van der Waals surface area contributed by atoms with Crippen molar-refractivity contribution in [1.29, 1.82) is 0 Å². The second-order valence-corrected chi connectivity index (χ2v) is 3.62. The third-order valence-corrected chi connectivity index (χ3v) is 2.96. The Balaban J connectivity index is 2.33. The SMILES string of the molecule is S=c1[nH]cc2n1C[C@H]1C[C@@H]21. The van der Waals surface area contributed by atoms with Crippen molar-refractivity contribution in [3.05, 3.63) is 16.7 Å². The summed E-state index contributed by atoms with van der Waals surface area (Å²) >= 11 is 5.09. The highest BCUT2D eigenvalue weighted by Crippen LogP contribution is 2.53. The summed E-state index contributed by atoms with van der Waals surface area (Å²) in [6.07, 6.45) is 3.46. The molecule has 52 valence electrons. The number of nitrogens with one attached hydrogen (secondary N) is 1. The van der Waals surface area contributed by atoms with E-state index < -0.39 is 0 Å². The zero-order valence-corrected chi connectivity index (χ0v) is 6.32. The fraction of sp³-hybridized carbons (Fsp3) is 0.571. The average molecular weight is 152 g/mol. The van der Waals surface area contributed by atoms with Gasteiger partial charge in [-0.15, -0.1) is 0 Å². The van der Waals surface area contributed by atoms with Crippen LogP contribution in [-0.4, -0.2) is 9.55 Å². The summed E-state index contributed by atoms with van der Waals surface area (Å²) in [4.78, 5) is 3.07. The quantitative estimate of drug-likeness (QED) is 0.561. The van der Waals surface area contributed by atoms with Gasteiger partial charge in [-0.2, -0.15) is 0 Å². The lowest BCUT2D eigenvalue weighted by Crippen LogP contribution is -1.95. The third kappa shape index (κ3) is 0.440. The molecule has 2 atom stereocenters. The molecule has 1 aliphatic heterocycles. The fourth-order valence-electron chi connectivity index (χ4n) is 1.95. The number of hydrogen-bond acceptors (Lipinski definition) is 1. The van der Waals surface area contributed by atoms with E-state index in [1.54, 1.807) is 0 Å². The van der Waals surface area contributed by atoms with Crippen molar-refractivity contribution in [1.82, 2.24) is 9.55 Å². The third-order valence-electron chi connectivity index (χ3n) is 2.62. The molecule has 1 aromatic heterocycles. The first kappa shape index (κ1) is 5.13. The zero-order valence-electron chi connectivity index (χ0n) is 5.50. The van der Waals surface area contributed by atoms with Crippen LogP contribution < -0.4 is 0 Å². The molecule has 0 radical (unpaired) electrons. The van der Waals surface area contributed by atoms with Crippen molar-refractivity contribution in [2.75, 3.05) is 0 Å². The largest absolute Gasteiger partial charge is 0.337 e. The fourth-order valence-corrected chi connectivity index (χ4v) is 2.19. The highest BCUT2D eigenvalue weighted by molar-refractivity contribution is 7.71. The first-order valence-electron chi connectivity index (χ1n) is 3.64. The highest BCUT2D eigenvalue weighted by Gasteiger charge is 2.45. The van der Waals surface area contributed by atoms with Crippen LogP contribution in [0.1, 0.15) is 18.0 Å². The Labute approximate surface area is 63.9 Å². The van der Waals surface area contributed by atoms with Crippen LogP contribution in [0.3, 0.4) is 0 Å². The predicted molar refractivity (Wildman–Crippen MR) is 40.5 cm³/mol. The lowest BCUT2D eigenvalue weighted by Gasteiger charge is -1.96. The molecule has 0 unspecified atom stereocenters. The monoisotopic (exact) mass is 152 g/mol. The number of nitrogens with zero attached hydrogens (tertiary/aromatic N) is 1. The summed E-state index contributed by atoms with van der Waals surface area (Å²) in [5.74, 6) is 1.79. The van der Waals surface area contributed by atoms with E-state index in [2.05, 4.69) is 15.7 Å². The number of aromatic amines is 1. The van der Waals surface area contributed by atoms with Crippen LogP contribution in [0.4, 0.5) is 0 Å². The van der Waals surface area contributed by atoms with Gasteiger partial charge in [0.2, 0.25) is 0 Å². The standard InChI is InChI=1S/C7H8N2S/c10-7-8-2-6-5-1-4(5)3-9(6)7/h2,4-5H,1,3H2,(H,8,10)/t4-,5-/m1/s1. The van der Waals surface area contributed by atoms with Crippen molar-refractivity contribution in [2.24, 2.45) is 5.92 Å². The molecule has 0 saturated heterocycles. The van der Waals surface area contributed by atoms with Crippen LogP contribution in [0.15, 0.2) is 6.20 Å². The molecule has 1 fully saturated rings. The number of aromatic nitrogens is 2. The summed E-state index contributed by atoms with van der Waals surface area (Å²) in [5, 5.41) is 0. The van der Waals surface area contributed by atoms with Gasteiger partial charge in [-0.25, -0.2) is 0 Å². The molecule has 1 aliphatic carbocycles. The predicted octanol–water partition coefficient (Wildman–Crippen LogP) is 1.66. The number of H-pyrrole nitrogens is 1. The van der Waals surface area contributed by atoms with Crippen molar-refractivity contribution >= 4 is 12.2 Å². The maximum absolute atomic E-state index is 5.09. The minimum atomic E-state index is 0.855. The van der Waals surface area contributed by atoms with Gasteiger partial charge in [0.15, 0.2) is 4.77 Å². The molecule has 3 heteroatoms. The minimum Gasteiger partial charge on any atom is -0.337 e. The Hall–Kier alpha value is -0.570. The van der Waals surface area contributed by atoms with E-state index in [9.17, 15) is 0 Å². The number of rotatable bonds is 0. The van der Waals surface area contributed by atoms with Gasteiger partial charge in [0.1, 0.15) is 0 Å². The number of imidazole rings is 1. The van der Waals surface area contributed by atoms with E-state index in [0.717, 1.165) is 16.6 Å². The van der Waals surface area contributed by atoms with Crippen LogP contribution >= 0.6 is 12.2 Å². The van der Waals surface area contributed by atoms with Crippen molar-refractivity contribution < 1.29 is 0 Å². The van der Waals surface area contributed by atoms with E-state index in [1.165, 1.54) is 18.7 Å². The molecule has 2 aliphatic rings. The van der Waals surface area contributed by atoms with E-state index >= 15 is 0 Å². The van der Waals surface area contributed by atoms with E-state index in [1.807, 2.05) is 0 Å². The van der Waals surface area contributed by atoms with Crippen LogP contribution in [0.25, 0.3) is 0 Å². The van der Waals surface area contributed by atoms with Gasteiger partial charge in [-0.3, -0.25) is 0 Å². The van der Waals surface area contributed by atoms with Gasteiger partial charge < -0.3 is 9.55 Å². The summed E-state index contributed by atoms with van der Waals surface area (Å²) in [6, 6.07) is 0. The summed E-state index contributed by atoms with van der Waals surface area (Å²) < 4.78 is 3.14. The van der Waals surface area contributed by atoms with Crippen molar-refractivity contribution in [2.45, 2.75) is 18.9 Å². The van der Waals surface area contributed by atoms with E-state index in [-0.39, 0.29) is 0 Å². The van der Waals surface area contributed by atoms with E-state index in [0.29, 0.717) is 0 Å². The summed E-state index contributed by atoms with van der Waals surface area (Å²) in [7, 11) is 0. The Morgan fingerprint density at radius 2 is 2.60 bits per heavy atom. The molecule has 1 saturated carbocycles. The lowest BCUT2D eigenvalue weighted by molar-refractivity contribution is 0.659. The molecular formula is C7H8N2S. The Kier molecular flexibility index (Phi) is 0.703. The molecular weight excluding hydrogens is 144 g/mol. The molecule has 2 nitrogen and oxygen atoms in total. The maximum Gasteiger partial charge on any atom is 0.177 e. The van der Waals surface area contributed by atoms with E-state index in [4.69, 9.17) is 12.2 Å². The zero-order chi connectivity index (χ0) is 6.72.